The average Bonchev–Trinajstić information content (AvgIpc) is 3.19. The molecule has 2 N–H and O–H groups in total. The molecule has 4 rings (SSSR count). The van der Waals surface area contributed by atoms with Gasteiger partial charge in [-0.1, -0.05) is 18.2 Å². The van der Waals surface area contributed by atoms with Crippen LogP contribution in [0.25, 0.3) is 11.0 Å². The smallest absolute Gasteiger partial charge is 0.321 e. The second kappa shape index (κ2) is 7.50. The van der Waals surface area contributed by atoms with Gasteiger partial charge in [-0.3, -0.25) is 14.9 Å². The van der Waals surface area contributed by atoms with Crippen LogP contribution in [-0.4, -0.2) is 27.1 Å². The number of carboxylic acid groups (broad SMARTS) is 1. The minimum atomic E-state index is -1.76. The number of hydrogen-bond donors (Lipinski definition) is 2. The molecule has 1 aromatic heterocycles. The van der Waals surface area contributed by atoms with E-state index in [1.54, 1.807) is 30.3 Å². The van der Waals surface area contributed by atoms with E-state index in [1.807, 2.05) is 0 Å². The number of aliphatic carboxylic acids is 1. The molecule has 9 heteroatoms. The third-order valence-electron chi connectivity index (χ3n) is 4.37. The molecule has 2 unspecified atom stereocenters. The SMILES string of the molecule is O=C(O)[C@H]1CSC(c2coc3cc(S(=O)c4ccccc4)c(F)cc3c2=O)N1. The number of nitrogens with one attached hydrogen (secondary N) is 1. The third kappa shape index (κ3) is 3.36. The van der Waals surface area contributed by atoms with Gasteiger partial charge in [-0.05, 0) is 18.2 Å². The van der Waals surface area contributed by atoms with Crippen molar-refractivity contribution in [3.8, 4) is 0 Å². The van der Waals surface area contributed by atoms with Crippen molar-refractivity contribution in [1.82, 2.24) is 5.32 Å². The zero-order valence-corrected chi connectivity index (χ0v) is 15.9. The van der Waals surface area contributed by atoms with Crippen molar-refractivity contribution in [3.63, 3.8) is 0 Å². The monoisotopic (exact) mass is 419 g/mol. The van der Waals surface area contributed by atoms with Crippen LogP contribution in [0.4, 0.5) is 4.39 Å². The fraction of sp³-hybridized carbons (Fsp3) is 0.158. The minimum absolute atomic E-state index is 0.0185. The highest BCUT2D eigenvalue weighted by molar-refractivity contribution is 7.99. The first-order valence-corrected chi connectivity index (χ1v) is 10.5. The maximum absolute atomic E-state index is 14.6. The summed E-state index contributed by atoms with van der Waals surface area (Å²) in [5, 5.41) is 11.4. The highest BCUT2D eigenvalue weighted by atomic mass is 32.2. The van der Waals surface area contributed by atoms with Crippen LogP contribution in [0.5, 0.6) is 0 Å². The first kappa shape index (κ1) is 18.9. The summed E-state index contributed by atoms with van der Waals surface area (Å²) in [6.07, 6.45) is 1.24. The maximum atomic E-state index is 14.6. The van der Waals surface area contributed by atoms with E-state index in [9.17, 15) is 18.2 Å². The molecule has 2 aromatic carbocycles. The molecule has 0 saturated carbocycles. The van der Waals surface area contributed by atoms with E-state index >= 15 is 0 Å². The largest absolute Gasteiger partial charge is 0.480 e. The molecule has 0 radical (unpaired) electrons. The van der Waals surface area contributed by atoms with Crippen LogP contribution in [-0.2, 0) is 15.6 Å². The van der Waals surface area contributed by atoms with Gasteiger partial charge >= 0.3 is 5.97 Å². The lowest BCUT2D eigenvalue weighted by Crippen LogP contribution is -2.34. The summed E-state index contributed by atoms with van der Waals surface area (Å²) >= 11 is 1.27. The van der Waals surface area contributed by atoms with Crippen LogP contribution < -0.4 is 10.7 Å². The predicted octanol–water partition coefficient (Wildman–Crippen LogP) is 2.89. The van der Waals surface area contributed by atoms with Gasteiger partial charge in [0.2, 0.25) is 0 Å². The second-order valence-electron chi connectivity index (χ2n) is 6.15. The number of benzene rings is 2. The number of hydrogen-bond acceptors (Lipinski definition) is 6. The van der Waals surface area contributed by atoms with Crippen molar-refractivity contribution in [2.75, 3.05) is 5.75 Å². The normalized spacial score (nSPS) is 20.3. The van der Waals surface area contributed by atoms with Crippen molar-refractivity contribution in [3.05, 3.63) is 70.3 Å². The molecule has 2 heterocycles. The molecule has 0 aliphatic carbocycles. The van der Waals surface area contributed by atoms with E-state index in [4.69, 9.17) is 9.52 Å². The Hall–Kier alpha value is -2.49. The molecular weight excluding hydrogens is 405 g/mol. The van der Waals surface area contributed by atoms with Crippen molar-refractivity contribution in [2.24, 2.45) is 0 Å². The van der Waals surface area contributed by atoms with E-state index in [0.29, 0.717) is 10.6 Å². The molecule has 3 aromatic rings. The number of thioether (sulfide) groups is 1. The Labute approximate surface area is 165 Å². The molecule has 6 nitrogen and oxygen atoms in total. The lowest BCUT2D eigenvalue weighted by molar-refractivity contribution is -0.138. The van der Waals surface area contributed by atoms with Crippen LogP contribution in [0.2, 0.25) is 0 Å². The van der Waals surface area contributed by atoms with Gasteiger partial charge in [-0.2, -0.15) is 0 Å². The lowest BCUT2D eigenvalue weighted by Gasteiger charge is -2.11. The zero-order chi connectivity index (χ0) is 19.8. The van der Waals surface area contributed by atoms with Crippen LogP contribution in [0.1, 0.15) is 10.9 Å². The fourth-order valence-electron chi connectivity index (χ4n) is 2.93. The number of carboxylic acids is 1. The molecule has 28 heavy (non-hydrogen) atoms. The van der Waals surface area contributed by atoms with E-state index in [1.165, 1.54) is 24.1 Å². The summed E-state index contributed by atoms with van der Waals surface area (Å²) in [7, 11) is -1.76. The predicted molar refractivity (Wildman–Crippen MR) is 103 cm³/mol. The Balaban J connectivity index is 1.74. The quantitative estimate of drug-likeness (QED) is 0.671. The highest BCUT2D eigenvalue weighted by Gasteiger charge is 2.32. The van der Waals surface area contributed by atoms with Gasteiger partial charge in [-0.15, -0.1) is 11.8 Å². The van der Waals surface area contributed by atoms with Crippen LogP contribution in [0.3, 0.4) is 0 Å². The van der Waals surface area contributed by atoms with Gasteiger partial charge in [0.25, 0.3) is 0 Å². The minimum Gasteiger partial charge on any atom is -0.480 e. The summed E-state index contributed by atoms with van der Waals surface area (Å²) < 4.78 is 32.8. The zero-order valence-electron chi connectivity index (χ0n) is 14.3. The highest BCUT2D eigenvalue weighted by Crippen LogP contribution is 2.32. The summed E-state index contributed by atoms with van der Waals surface area (Å²) in [4.78, 5) is 24.2. The Kier molecular flexibility index (Phi) is 5.05. The molecule has 0 amide bonds. The summed E-state index contributed by atoms with van der Waals surface area (Å²) in [5.74, 6) is -1.46. The van der Waals surface area contributed by atoms with Crippen molar-refractivity contribution in [2.45, 2.75) is 21.2 Å². The molecular formula is C19H14FNO5S2. The summed E-state index contributed by atoms with van der Waals surface area (Å²) in [6.45, 7) is 0. The Morgan fingerprint density at radius 1 is 1.29 bits per heavy atom. The van der Waals surface area contributed by atoms with E-state index in [-0.39, 0.29) is 21.4 Å². The number of fused-ring (bicyclic) bond motifs is 1. The number of carbonyl (C=O) groups is 1. The van der Waals surface area contributed by atoms with Crippen LogP contribution >= 0.6 is 11.8 Å². The molecule has 3 atom stereocenters. The van der Waals surface area contributed by atoms with E-state index < -0.39 is 39.4 Å². The Morgan fingerprint density at radius 3 is 2.71 bits per heavy atom. The fourth-order valence-corrected chi connectivity index (χ4v) is 5.27. The van der Waals surface area contributed by atoms with Gasteiger partial charge in [0.15, 0.2) is 5.43 Å². The summed E-state index contributed by atoms with van der Waals surface area (Å²) in [6, 6.07) is 9.95. The van der Waals surface area contributed by atoms with Gasteiger partial charge in [-0.25, -0.2) is 8.60 Å². The molecule has 0 spiro atoms. The second-order valence-corrected chi connectivity index (χ2v) is 8.74. The number of rotatable bonds is 4. The molecule has 1 aliphatic heterocycles. The van der Waals surface area contributed by atoms with Crippen LogP contribution in [0, 0.1) is 5.82 Å². The third-order valence-corrected chi connectivity index (χ3v) is 7.04. The van der Waals surface area contributed by atoms with Crippen molar-refractivity contribution < 1.29 is 22.9 Å². The standard InChI is InChI=1S/C19H14FNO5S2/c20-13-6-11-15(7-16(13)28(25)10-4-2-1-3-5-10)26-8-12(17(11)22)18-21-14(9-27-18)19(23)24/h1-8,14,18,21H,9H2,(H,23,24)/t14-,18?,28?/m1/s1. The van der Waals surface area contributed by atoms with Gasteiger partial charge < -0.3 is 9.52 Å². The van der Waals surface area contributed by atoms with E-state index in [2.05, 4.69) is 5.32 Å². The van der Waals surface area contributed by atoms with Gasteiger partial charge in [0, 0.05) is 16.7 Å². The van der Waals surface area contributed by atoms with Gasteiger partial charge in [0.1, 0.15) is 23.7 Å². The van der Waals surface area contributed by atoms with Gasteiger partial charge in [0.05, 0.1) is 32.0 Å². The van der Waals surface area contributed by atoms with Crippen LogP contribution in [0.15, 0.2) is 67.7 Å². The summed E-state index contributed by atoms with van der Waals surface area (Å²) in [5.41, 5.74) is -0.113. The molecule has 0 bridgehead atoms. The topological polar surface area (TPSA) is 96.6 Å². The van der Waals surface area contributed by atoms with E-state index in [0.717, 1.165) is 6.07 Å². The number of halogens is 1. The van der Waals surface area contributed by atoms with Crippen molar-refractivity contribution in [1.29, 1.82) is 0 Å². The first-order valence-electron chi connectivity index (χ1n) is 8.28. The molecule has 1 aliphatic rings. The Morgan fingerprint density at radius 2 is 2.04 bits per heavy atom. The molecule has 1 fully saturated rings. The Bertz CT molecular complexity index is 1150. The maximum Gasteiger partial charge on any atom is 0.321 e. The average molecular weight is 419 g/mol. The lowest BCUT2D eigenvalue weighted by atomic mass is 10.1. The van der Waals surface area contributed by atoms with Crippen molar-refractivity contribution >= 4 is 39.5 Å². The molecule has 1 saturated heterocycles. The first-order chi connectivity index (χ1) is 13.5. The molecule has 144 valence electrons.